The molecule has 2 fully saturated rings. The lowest BCUT2D eigenvalue weighted by Crippen LogP contribution is -2.30. The first kappa shape index (κ1) is 13.2. The summed E-state index contributed by atoms with van der Waals surface area (Å²) in [6, 6.07) is 8.29. The van der Waals surface area contributed by atoms with Crippen LogP contribution >= 0.6 is 15.9 Å². The number of hydrogen-bond acceptors (Lipinski definition) is 1. The maximum atomic E-state index is 12.3. The Hall–Kier alpha value is -0.830. The van der Waals surface area contributed by atoms with Crippen molar-refractivity contribution in [2.24, 2.45) is 17.8 Å². The molecule has 3 atom stereocenters. The fraction of sp³-hybridized carbons (Fsp3) is 0.562. The minimum atomic E-state index is 0.129. The molecular formula is C16H20BrNO. The molecule has 3 heteroatoms. The van der Waals surface area contributed by atoms with E-state index in [2.05, 4.69) is 34.2 Å². The molecule has 0 saturated heterocycles. The Morgan fingerprint density at radius 1 is 1.37 bits per heavy atom. The van der Waals surface area contributed by atoms with E-state index >= 15 is 0 Å². The van der Waals surface area contributed by atoms with Crippen LogP contribution < -0.4 is 5.32 Å². The van der Waals surface area contributed by atoms with Crippen molar-refractivity contribution in [2.45, 2.75) is 38.6 Å². The van der Waals surface area contributed by atoms with Crippen LogP contribution in [0.4, 0.5) is 0 Å². The molecule has 19 heavy (non-hydrogen) atoms. The SMILES string of the molecule is CCC(NC(=O)C1C2CCCC21)c1ccccc1Br. The van der Waals surface area contributed by atoms with Gasteiger partial charge in [-0.15, -0.1) is 0 Å². The van der Waals surface area contributed by atoms with Crippen LogP contribution in [-0.4, -0.2) is 5.91 Å². The van der Waals surface area contributed by atoms with Crippen molar-refractivity contribution in [2.75, 3.05) is 0 Å². The summed E-state index contributed by atoms with van der Waals surface area (Å²) in [6.07, 6.45) is 4.76. The topological polar surface area (TPSA) is 29.1 Å². The van der Waals surface area contributed by atoms with Crippen LogP contribution in [0.5, 0.6) is 0 Å². The van der Waals surface area contributed by atoms with E-state index < -0.39 is 0 Å². The van der Waals surface area contributed by atoms with Gasteiger partial charge >= 0.3 is 0 Å². The second kappa shape index (κ2) is 5.28. The van der Waals surface area contributed by atoms with Crippen molar-refractivity contribution in [3.05, 3.63) is 34.3 Å². The maximum Gasteiger partial charge on any atom is 0.224 e. The summed E-state index contributed by atoms with van der Waals surface area (Å²) in [6.45, 7) is 2.12. The molecule has 1 N–H and O–H groups in total. The fourth-order valence-corrected chi connectivity index (χ4v) is 4.20. The maximum absolute atomic E-state index is 12.3. The first-order valence-corrected chi connectivity index (χ1v) is 8.06. The first-order valence-electron chi connectivity index (χ1n) is 7.27. The van der Waals surface area contributed by atoms with Crippen molar-refractivity contribution in [1.82, 2.24) is 5.32 Å². The summed E-state index contributed by atoms with van der Waals surface area (Å²) in [4.78, 5) is 12.3. The lowest BCUT2D eigenvalue weighted by atomic mass is 10.0. The van der Waals surface area contributed by atoms with Gasteiger partial charge in [-0.25, -0.2) is 0 Å². The van der Waals surface area contributed by atoms with Gasteiger partial charge in [0.05, 0.1) is 6.04 Å². The van der Waals surface area contributed by atoms with Gasteiger partial charge < -0.3 is 5.32 Å². The third-order valence-corrected chi connectivity index (χ3v) is 5.44. The van der Waals surface area contributed by atoms with E-state index in [1.807, 2.05) is 18.2 Å². The monoisotopic (exact) mass is 321 g/mol. The minimum Gasteiger partial charge on any atom is -0.349 e. The number of hydrogen-bond donors (Lipinski definition) is 1. The molecule has 1 aromatic rings. The van der Waals surface area contributed by atoms with E-state index in [1.54, 1.807) is 0 Å². The van der Waals surface area contributed by atoms with Crippen LogP contribution in [-0.2, 0) is 4.79 Å². The zero-order chi connectivity index (χ0) is 13.4. The molecule has 0 bridgehead atoms. The Balaban J connectivity index is 1.67. The predicted molar refractivity (Wildman–Crippen MR) is 79.6 cm³/mol. The van der Waals surface area contributed by atoms with Crippen LogP contribution in [0.25, 0.3) is 0 Å². The quantitative estimate of drug-likeness (QED) is 0.890. The number of halogens is 1. The summed E-state index contributed by atoms with van der Waals surface area (Å²) in [7, 11) is 0. The van der Waals surface area contributed by atoms with Gasteiger partial charge in [-0.2, -0.15) is 0 Å². The highest BCUT2D eigenvalue weighted by Crippen LogP contribution is 2.57. The zero-order valence-corrected chi connectivity index (χ0v) is 12.8. The Morgan fingerprint density at radius 2 is 2.05 bits per heavy atom. The first-order chi connectivity index (χ1) is 9.22. The Kier molecular flexibility index (Phi) is 3.66. The van der Waals surface area contributed by atoms with Gasteiger partial charge in [-0.1, -0.05) is 47.5 Å². The van der Waals surface area contributed by atoms with E-state index in [-0.39, 0.29) is 11.9 Å². The molecule has 2 nitrogen and oxygen atoms in total. The number of benzene rings is 1. The molecule has 0 aromatic heterocycles. The lowest BCUT2D eigenvalue weighted by Gasteiger charge is -2.19. The third-order valence-electron chi connectivity index (χ3n) is 4.71. The van der Waals surface area contributed by atoms with Crippen LogP contribution in [0.3, 0.4) is 0 Å². The normalized spacial score (nSPS) is 29.7. The summed E-state index contributed by atoms with van der Waals surface area (Å²) < 4.78 is 1.08. The summed E-state index contributed by atoms with van der Waals surface area (Å²) in [5.74, 6) is 1.97. The van der Waals surface area contributed by atoms with Crippen molar-refractivity contribution >= 4 is 21.8 Å². The standard InChI is InChI=1S/C16H20BrNO/c1-2-14(12-6-3-4-9-13(12)17)18-16(19)15-10-7-5-8-11(10)15/h3-4,6,9-11,14-15H,2,5,7-8H2,1H3,(H,18,19). The van der Waals surface area contributed by atoms with Crippen LogP contribution in [0.2, 0.25) is 0 Å². The summed E-state index contributed by atoms with van der Waals surface area (Å²) >= 11 is 3.58. The zero-order valence-electron chi connectivity index (χ0n) is 11.2. The van der Waals surface area contributed by atoms with Gasteiger partial charge in [0.1, 0.15) is 0 Å². The average molecular weight is 322 g/mol. The van der Waals surface area contributed by atoms with Crippen LogP contribution in [0.15, 0.2) is 28.7 Å². The van der Waals surface area contributed by atoms with E-state index in [0.717, 1.165) is 10.9 Å². The number of carbonyl (C=O) groups is 1. The van der Waals surface area contributed by atoms with Gasteiger partial charge in [-0.05, 0) is 42.7 Å². The molecule has 2 saturated carbocycles. The molecule has 102 valence electrons. The van der Waals surface area contributed by atoms with E-state index in [4.69, 9.17) is 0 Å². The number of fused-ring (bicyclic) bond motifs is 1. The summed E-state index contributed by atoms with van der Waals surface area (Å²) in [5, 5.41) is 3.25. The van der Waals surface area contributed by atoms with E-state index in [9.17, 15) is 4.79 Å². The fourth-order valence-electron chi connectivity index (χ4n) is 3.64. The van der Waals surface area contributed by atoms with Gasteiger partial charge in [0.2, 0.25) is 5.91 Å². The Morgan fingerprint density at radius 3 is 2.68 bits per heavy atom. The second-order valence-electron chi connectivity index (χ2n) is 5.78. The van der Waals surface area contributed by atoms with Gasteiger partial charge in [0, 0.05) is 10.4 Å². The number of amides is 1. The number of nitrogens with one attached hydrogen (secondary N) is 1. The highest BCUT2D eigenvalue weighted by Gasteiger charge is 2.56. The van der Waals surface area contributed by atoms with Crippen LogP contribution in [0.1, 0.15) is 44.2 Å². The van der Waals surface area contributed by atoms with E-state index in [0.29, 0.717) is 17.8 Å². The predicted octanol–water partition coefficient (Wildman–Crippen LogP) is 4.06. The van der Waals surface area contributed by atoms with Crippen molar-refractivity contribution in [3.8, 4) is 0 Å². The number of rotatable bonds is 4. The molecule has 3 rings (SSSR count). The highest BCUT2D eigenvalue weighted by atomic mass is 79.9. The van der Waals surface area contributed by atoms with Crippen LogP contribution in [0, 0.1) is 17.8 Å². The summed E-state index contributed by atoms with van der Waals surface area (Å²) in [5.41, 5.74) is 1.18. The van der Waals surface area contributed by atoms with Gasteiger partial charge in [-0.3, -0.25) is 4.79 Å². The van der Waals surface area contributed by atoms with Crippen molar-refractivity contribution in [3.63, 3.8) is 0 Å². The molecule has 1 amide bonds. The molecule has 0 radical (unpaired) electrons. The van der Waals surface area contributed by atoms with E-state index in [1.165, 1.54) is 24.8 Å². The smallest absolute Gasteiger partial charge is 0.224 e. The van der Waals surface area contributed by atoms with Gasteiger partial charge in [0.15, 0.2) is 0 Å². The molecule has 0 heterocycles. The van der Waals surface area contributed by atoms with Gasteiger partial charge in [0.25, 0.3) is 0 Å². The number of carbonyl (C=O) groups excluding carboxylic acids is 1. The molecule has 1 aromatic carbocycles. The Bertz CT molecular complexity index is 477. The average Bonchev–Trinajstić information content (AvgIpc) is 2.90. The molecular weight excluding hydrogens is 302 g/mol. The molecule has 2 aliphatic rings. The largest absolute Gasteiger partial charge is 0.349 e. The van der Waals surface area contributed by atoms with Crippen molar-refractivity contribution < 1.29 is 4.79 Å². The lowest BCUT2D eigenvalue weighted by molar-refractivity contribution is -0.123. The molecule has 3 unspecified atom stereocenters. The molecule has 0 spiro atoms. The Labute approximate surface area is 123 Å². The minimum absolute atomic E-state index is 0.129. The molecule has 0 aliphatic heterocycles. The van der Waals surface area contributed by atoms with Crippen molar-refractivity contribution in [1.29, 1.82) is 0 Å². The third kappa shape index (κ3) is 2.45. The highest BCUT2D eigenvalue weighted by molar-refractivity contribution is 9.10. The second-order valence-corrected chi connectivity index (χ2v) is 6.63. The molecule has 2 aliphatic carbocycles.